The fourth-order valence-electron chi connectivity index (χ4n) is 3.17. The molecule has 0 fully saturated rings. The second kappa shape index (κ2) is 6.53. The van der Waals surface area contributed by atoms with E-state index < -0.39 is 5.60 Å². The van der Waals surface area contributed by atoms with Crippen LogP contribution in [-0.2, 0) is 12.0 Å². The van der Waals surface area contributed by atoms with Gasteiger partial charge in [0.1, 0.15) is 10.5 Å². The highest BCUT2D eigenvalue weighted by atomic mass is 32.1. The normalized spacial score (nSPS) is 19.7. The molecule has 6 heteroatoms. The fourth-order valence-corrected chi connectivity index (χ4v) is 4.08. The van der Waals surface area contributed by atoms with E-state index in [1.165, 1.54) is 16.9 Å². The molecule has 1 unspecified atom stereocenters. The minimum atomic E-state index is -0.993. The molecule has 1 aliphatic rings. The zero-order chi connectivity index (χ0) is 17.3. The van der Waals surface area contributed by atoms with Crippen molar-refractivity contribution in [2.75, 3.05) is 25.5 Å². The Morgan fingerprint density at radius 1 is 1.42 bits per heavy atom. The van der Waals surface area contributed by atoms with Crippen molar-refractivity contribution < 1.29 is 9.90 Å². The van der Waals surface area contributed by atoms with Crippen molar-refractivity contribution in [3.8, 4) is 0 Å². The van der Waals surface area contributed by atoms with Crippen LogP contribution in [0.1, 0.15) is 39.3 Å². The van der Waals surface area contributed by atoms with Crippen molar-refractivity contribution >= 4 is 22.4 Å². The van der Waals surface area contributed by atoms with E-state index in [0.717, 1.165) is 29.2 Å². The summed E-state index contributed by atoms with van der Waals surface area (Å²) in [6, 6.07) is 7.95. The third-order valence-corrected chi connectivity index (χ3v) is 5.79. The number of rotatable bonds is 4. The zero-order valence-corrected chi connectivity index (χ0v) is 15.1. The largest absolute Gasteiger partial charge is 0.383 e. The van der Waals surface area contributed by atoms with Gasteiger partial charge >= 0.3 is 0 Å². The standard InChI is InChI=1S/C18H23N3O2S/c1-12-15(24-17(20-12)21(2)3)16(22)19-11-18(23)10-6-8-13-7-4-5-9-14(13)18/h4-5,7,9,23H,6,8,10-11H2,1-3H3,(H,19,22). The number of nitrogens with one attached hydrogen (secondary N) is 1. The molecule has 1 aliphatic carbocycles. The predicted molar refractivity (Wildman–Crippen MR) is 96.8 cm³/mol. The van der Waals surface area contributed by atoms with Crippen LogP contribution in [-0.4, -0.2) is 36.6 Å². The van der Waals surface area contributed by atoms with Crippen LogP contribution in [0.4, 0.5) is 5.13 Å². The lowest BCUT2D eigenvalue weighted by Crippen LogP contribution is -2.42. The Morgan fingerprint density at radius 3 is 2.88 bits per heavy atom. The Bertz CT molecular complexity index is 756. The molecule has 1 atom stereocenters. The second-order valence-electron chi connectivity index (χ2n) is 6.53. The molecule has 0 spiro atoms. The van der Waals surface area contributed by atoms with Gasteiger partial charge in [0, 0.05) is 14.1 Å². The Balaban J connectivity index is 1.75. The van der Waals surface area contributed by atoms with E-state index in [2.05, 4.69) is 16.4 Å². The molecule has 128 valence electrons. The second-order valence-corrected chi connectivity index (χ2v) is 7.51. The number of aromatic nitrogens is 1. The van der Waals surface area contributed by atoms with Crippen LogP contribution in [0.15, 0.2) is 24.3 Å². The van der Waals surface area contributed by atoms with E-state index in [0.29, 0.717) is 11.3 Å². The van der Waals surface area contributed by atoms with Gasteiger partial charge in [-0.15, -0.1) is 0 Å². The maximum atomic E-state index is 12.5. The van der Waals surface area contributed by atoms with Gasteiger partial charge < -0.3 is 15.3 Å². The zero-order valence-electron chi connectivity index (χ0n) is 14.3. The highest BCUT2D eigenvalue weighted by Crippen LogP contribution is 2.35. The topological polar surface area (TPSA) is 65.5 Å². The molecule has 1 aromatic carbocycles. The quantitative estimate of drug-likeness (QED) is 0.893. The lowest BCUT2D eigenvalue weighted by atomic mass is 9.79. The summed E-state index contributed by atoms with van der Waals surface area (Å²) in [5.74, 6) is -0.172. The van der Waals surface area contributed by atoms with Crippen LogP contribution in [0.3, 0.4) is 0 Å². The van der Waals surface area contributed by atoms with Crippen LogP contribution in [0.2, 0.25) is 0 Å². The molecular formula is C18H23N3O2S. The van der Waals surface area contributed by atoms with Gasteiger partial charge in [0.05, 0.1) is 12.2 Å². The Kier molecular flexibility index (Phi) is 4.60. The van der Waals surface area contributed by atoms with Gasteiger partial charge in [-0.05, 0) is 37.3 Å². The average Bonchev–Trinajstić information content (AvgIpc) is 2.96. The summed E-state index contributed by atoms with van der Waals surface area (Å²) in [6.07, 6.45) is 2.56. The van der Waals surface area contributed by atoms with E-state index >= 15 is 0 Å². The number of benzene rings is 1. The molecule has 2 N–H and O–H groups in total. The molecule has 0 bridgehead atoms. The minimum Gasteiger partial charge on any atom is -0.383 e. The lowest BCUT2D eigenvalue weighted by molar-refractivity contribution is 0.0190. The number of thiazole rings is 1. The van der Waals surface area contributed by atoms with Gasteiger partial charge in [0.15, 0.2) is 5.13 Å². The molecule has 1 aromatic heterocycles. The summed E-state index contributed by atoms with van der Waals surface area (Å²) >= 11 is 1.37. The number of nitrogens with zero attached hydrogens (tertiary/aromatic N) is 2. The van der Waals surface area contributed by atoms with Gasteiger partial charge in [-0.25, -0.2) is 4.98 Å². The Labute approximate surface area is 146 Å². The third kappa shape index (κ3) is 3.16. The van der Waals surface area contributed by atoms with Crippen LogP contribution in [0.25, 0.3) is 0 Å². The van der Waals surface area contributed by atoms with E-state index in [1.54, 1.807) is 0 Å². The molecule has 0 radical (unpaired) electrons. The van der Waals surface area contributed by atoms with Crippen LogP contribution in [0.5, 0.6) is 0 Å². The van der Waals surface area contributed by atoms with Crippen molar-refractivity contribution in [2.45, 2.75) is 31.8 Å². The van der Waals surface area contributed by atoms with E-state index in [9.17, 15) is 9.90 Å². The third-order valence-electron chi connectivity index (χ3n) is 4.47. The lowest BCUT2D eigenvalue weighted by Gasteiger charge is -2.34. The summed E-state index contributed by atoms with van der Waals surface area (Å²) in [7, 11) is 3.81. The number of anilines is 1. The van der Waals surface area contributed by atoms with Crippen molar-refractivity contribution in [2.24, 2.45) is 0 Å². The molecular weight excluding hydrogens is 322 g/mol. The summed E-state index contributed by atoms with van der Waals surface area (Å²) in [5, 5.41) is 14.8. The van der Waals surface area contributed by atoms with Gasteiger partial charge in [-0.3, -0.25) is 4.79 Å². The number of carbonyl (C=O) groups is 1. The number of carbonyl (C=O) groups excluding carboxylic acids is 1. The number of amides is 1. The highest BCUT2D eigenvalue weighted by molar-refractivity contribution is 7.17. The fraction of sp³-hybridized carbons (Fsp3) is 0.444. The van der Waals surface area contributed by atoms with Crippen LogP contribution < -0.4 is 10.2 Å². The molecule has 5 nitrogen and oxygen atoms in total. The number of hydrogen-bond acceptors (Lipinski definition) is 5. The summed E-state index contributed by atoms with van der Waals surface area (Å²) in [5.41, 5.74) is 1.83. The maximum Gasteiger partial charge on any atom is 0.263 e. The van der Waals surface area contributed by atoms with E-state index in [1.807, 2.05) is 44.1 Å². The molecule has 2 aromatic rings. The van der Waals surface area contributed by atoms with Gasteiger partial charge in [0.25, 0.3) is 5.91 Å². The minimum absolute atomic E-state index is 0.172. The predicted octanol–water partition coefficient (Wildman–Crippen LogP) is 2.47. The van der Waals surface area contributed by atoms with Crippen molar-refractivity contribution in [3.05, 3.63) is 46.0 Å². The van der Waals surface area contributed by atoms with Crippen molar-refractivity contribution in [1.82, 2.24) is 10.3 Å². The van der Waals surface area contributed by atoms with Crippen LogP contribution >= 0.6 is 11.3 Å². The van der Waals surface area contributed by atoms with Crippen molar-refractivity contribution in [1.29, 1.82) is 0 Å². The number of aliphatic hydroxyl groups is 1. The SMILES string of the molecule is Cc1nc(N(C)C)sc1C(=O)NCC1(O)CCCc2ccccc21. The molecule has 0 aliphatic heterocycles. The van der Waals surface area contributed by atoms with E-state index in [-0.39, 0.29) is 12.5 Å². The number of fused-ring (bicyclic) bond motifs is 1. The monoisotopic (exact) mass is 345 g/mol. The maximum absolute atomic E-state index is 12.5. The van der Waals surface area contributed by atoms with Gasteiger partial charge in [0.2, 0.25) is 0 Å². The molecule has 0 saturated heterocycles. The Morgan fingerprint density at radius 2 is 2.17 bits per heavy atom. The molecule has 1 heterocycles. The Hall–Kier alpha value is -1.92. The van der Waals surface area contributed by atoms with E-state index in [4.69, 9.17) is 0 Å². The first-order chi connectivity index (χ1) is 11.4. The number of hydrogen-bond donors (Lipinski definition) is 2. The first-order valence-electron chi connectivity index (χ1n) is 8.14. The summed E-state index contributed by atoms with van der Waals surface area (Å²) in [4.78, 5) is 19.4. The summed E-state index contributed by atoms with van der Waals surface area (Å²) < 4.78 is 0. The molecule has 0 saturated carbocycles. The highest BCUT2D eigenvalue weighted by Gasteiger charge is 2.34. The molecule has 3 rings (SSSR count). The van der Waals surface area contributed by atoms with Gasteiger partial charge in [-0.2, -0.15) is 0 Å². The average molecular weight is 345 g/mol. The molecule has 24 heavy (non-hydrogen) atoms. The smallest absolute Gasteiger partial charge is 0.263 e. The first kappa shape index (κ1) is 16.9. The molecule has 1 amide bonds. The summed E-state index contributed by atoms with van der Waals surface area (Å²) in [6.45, 7) is 2.06. The van der Waals surface area contributed by atoms with Crippen molar-refractivity contribution in [3.63, 3.8) is 0 Å². The number of aryl methyl sites for hydroxylation is 2. The van der Waals surface area contributed by atoms with Crippen LogP contribution in [0, 0.1) is 6.92 Å². The van der Waals surface area contributed by atoms with Gasteiger partial charge in [-0.1, -0.05) is 35.6 Å². The first-order valence-corrected chi connectivity index (χ1v) is 8.96.